The van der Waals surface area contributed by atoms with E-state index in [0.29, 0.717) is 23.9 Å². The van der Waals surface area contributed by atoms with Crippen LogP contribution in [0, 0.1) is 5.92 Å². The Morgan fingerprint density at radius 3 is 2.68 bits per heavy atom. The van der Waals surface area contributed by atoms with Gasteiger partial charge in [-0.15, -0.1) is 12.4 Å². The summed E-state index contributed by atoms with van der Waals surface area (Å²) in [5, 5.41) is 0.701. The van der Waals surface area contributed by atoms with E-state index in [-0.39, 0.29) is 18.3 Å². The van der Waals surface area contributed by atoms with E-state index < -0.39 is 0 Å². The number of nitrogens with two attached hydrogens (primary N) is 1. The van der Waals surface area contributed by atoms with Gasteiger partial charge < -0.3 is 10.6 Å². The zero-order valence-electron chi connectivity index (χ0n) is 10.8. The Bertz CT molecular complexity index is 408. The number of benzene rings is 1. The van der Waals surface area contributed by atoms with E-state index in [1.165, 1.54) is 0 Å². The Labute approximate surface area is 125 Å². The summed E-state index contributed by atoms with van der Waals surface area (Å²) in [6, 6.07) is 7.46. The lowest BCUT2D eigenvalue weighted by molar-refractivity contribution is -0.132. The summed E-state index contributed by atoms with van der Waals surface area (Å²) in [4.78, 5) is 14.1. The second-order valence-corrected chi connectivity index (χ2v) is 5.32. The van der Waals surface area contributed by atoms with Gasteiger partial charge in [-0.25, -0.2) is 0 Å². The predicted octanol–water partition coefficient (Wildman–Crippen LogP) is 2.50. The molecule has 0 saturated carbocycles. The summed E-state index contributed by atoms with van der Waals surface area (Å²) in [6.45, 7) is 2.34. The average molecular weight is 303 g/mol. The first kappa shape index (κ1) is 16.3. The molecule has 1 aromatic rings. The molecule has 3 nitrogen and oxygen atoms in total. The lowest BCUT2D eigenvalue weighted by Crippen LogP contribution is -2.42. The highest BCUT2D eigenvalue weighted by atomic mass is 35.5. The number of piperidine rings is 1. The Morgan fingerprint density at radius 2 is 2.05 bits per heavy atom. The Morgan fingerprint density at radius 1 is 1.37 bits per heavy atom. The first-order valence-electron chi connectivity index (χ1n) is 6.41. The molecule has 1 saturated heterocycles. The van der Waals surface area contributed by atoms with E-state index in [1.54, 1.807) is 0 Å². The molecule has 1 fully saturated rings. The van der Waals surface area contributed by atoms with Gasteiger partial charge in [-0.2, -0.15) is 0 Å². The van der Waals surface area contributed by atoms with Gasteiger partial charge in [0.1, 0.15) is 0 Å². The molecular formula is C14H20Cl2N2O. The van der Waals surface area contributed by atoms with Gasteiger partial charge in [-0.3, -0.25) is 4.79 Å². The highest BCUT2D eigenvalue weighted by Crippen LogP contribution is 2.17. The first-order chi connectivity index (χ1) is 8.69. The SMILES string of the molecule is Cl.NCC1CCCN(C(=O)Cc2ccc(Cl)cc2)C1. The summed E-state index contributed by atoms with van der Waals surface area (Å²) < 4.78 is 0. The van der Waals surface area contributed by atoms with Gasteiger partial charge in [0.25, 0.3) is 0 Å². The molecule has 1 amide bonds. The fraction of sp³-hybridized carbons (Fsp3) is 0.500. The summed E-state index contributed by atoms with van der Waals surface area (Å²) in [6.07, 6.45) is 2.66. The maximum Gasteiger partial charge on any atom is 0.226 e. The fourth-order valence-corrected chi connectivity index (χ4v) is 2.50. The van der Waals surface area contributed by atoms with Crippen LogP contribution in [0.5, 0.6) is 0 Å². The molecule has 1 aromatic carbocycles. The average Bonchev–Trinajstić information content (AvgIpc) is 2.41. The Hall–Kier alpha value is -0.770. The molecule has 1 heterocycles. The Kier molecular flexibility index (Phi) is 6.63. The van der Waals surface area contributed by atoms with Crippen molar-refractivity contribution < 1.29 is 4.79 Å². The third-order valence-electron chi connectivity index (χ3n) is 3.47. The van der Waals surface area contributed by atoms with E-state index in [9.17, 15) is 4.79 Å². The van der Waals surface area contributed by atoms with Gasteiger partial charge in [-0.1, -0.05) is 23.7 Å². The van der Waals surface area contributed by atoms with Gasteiger partial charge >= 0.3 is 0 Å². The van der Waals surface area contributed by atoms with Crippen LogP contribution in [0.4, 0.5) is 0 Å². The standard InChI is InChI=1S/C14H19ClN2O.ClH/c15-13-5-3-11(4-6-13)8-14(18)17-7-1-2-12(9-16)10-17;/h3-6,12H,1-2,7-10,16H2;1H. The minimum atomic E-state index is 0. The molecule has 106 valence electrons. The molecule has 0 radical (unpaired) electrons. The van der Waals surface area contributed by atoms with Crippen molar-refractivity contribution in [1.29, 1.82) is 0 Å². The maximum atomic E-state index is 12.2. The number of hydrogen-bond donors (Lipinski definition) is 1. The van der Waals surface area contributed by atoms with Crippen LogP contribution in [0.15, 0.2) is 24.3 Å². The minimum absolute atomic E-state index is 0. The van der Waals surface area contributed by atoms with Crippen LogP contribution in [-0.2, 0) is 11.2 Å². The maximum absolute atomic E-state index is 12.2. The molecule has 1 aliphatic heterocycles. The van der Waals surface area contributed by atoms with Crippen molar-refractivity contribution in [3.05, 3.63) is 34.9 Å². The normalized spacial score (nSPS) is 18.8. The van der Waals surface area contributed by atoms with Crippen molar-refractivity contribution in [2.45, 2.75) is 19.3 Å². The molecule has 0 spiro atoms. The zero-order chi connectivity index (χ0) is 13.0. The van der Waals surface area contributed by atoms with Crippen LogP contribution in [0.3, 0.4) is 0 Å². The van der Waals surface area contributed by atoms with E-state index in [1.807, 2.05) is 29.2 Å². The fourth-order valence-electron chi connectivity index (χ4n) is 2.37. The van der Waals surface area contributed by atoms with Crippen LogP contribution in [-0.4, -0.2) is 30.4 Å². The highest BCUT2D eigenvalue weighted by molar-refractivity contribution is 6.30. The first-order valence-corrected chi connectivity index (χ1v) is 6.79. The molecule has 1 atom stereocenters. The van der Waals surface area contributed by atoms with E-state index >= 15 is 0 Å². The summed E-state index contributed by atoms with van der Waals surface area (Å²) in [5.41, 5.74) is 6.70. The quantitative estimate of drug-likeness (QED) is 0.932. The lowest BCUT2D eigenvalue weighted by atomic mass is 9.97. The van der Waals surface area contributed by atoms with Gasteiger partial charge in [0.05, 0.1) is 6.42 Å². The number of carbonyl (C=O) groups excluding carboxylic acids is 1. The van der Waals surface area contributed by atoms with Gasteiger partial charge in [0, 0.05) is 18.1 Å². The van der Waals surface area contributed by atoms with Crippen LogP contribution in [0.25, 0.3) is 0 Å². The molecule has 0 aromatic heterocycles. The molecule has 1 unspecified atom stereocenters. The van der Waals surface area contributed by atoms with Gasteiger partial charge in [0.15, 0.2) is 0 Å². The number of amides is 1. The van der Waals surface area contributed by atoms with Crippen LogP contribution in [0.1, 0.15) is 18.4 Å². The number of nitrogens with zero attached hydrogens (tertiary/aromatic N) is 1. The summed E-state index contributed by atoms with van der Waals surface area (Å²) >= 11 is 5.83. The largest absolute Gasteiger partial charge is 0.342 e. The van der Waals surface area contributed by atoms with Gasteiger partial charge in [-0.05, 0) is 43.0 Å². The minimum Gasteiger partial charge on any atom is -0.342 e. The van der Waals surface area contributed by atoms with Crippen LogP contribution in [0.2, 0.25) is 5.02 Å². The molecule has 0 aliphatic carbocycles. The topological polar surface area (TPSA) is 46.3 Å². The molecule has 19 heavy (non-hydrogen) atoms. The second kappa shape index (κ2) is 7.73. The monoisotopic (exact) mass is 302 g/mol. The number of hydrogen-bond acceptors (Lipinski definition) is 2. The second-order valence-electron chi connectivity index (χ2n) is 4.89. The van der Waals surface area contributed by atoms with Crippen molar-refractivity contribution in [3.63, 3.8) is 0 Å². The third kappa shape index (κ3) is 4.68. The van der Waals surface area contributed by atoms with Crippen molar-refractivity contribution in [2.24, 2.45) is 11.7 Å². The van der Waals surface area contributed by atoms with E-state index in [2.05, 4.69) is 0 Å². The van der Waals surface area contributed by atoms with Crippen molar-refractivity contribution in [2.75, 3.05) is 19.6 Å². The summed E-state index contributed by atoms with van der Waals surface area (Å²) in [5.74, 6) is 0.656. The highest BCUT2D eigenvalue weighted by Gasteiger charge is 2.22. The third-order valence-corrected chi connectivity index (χ3v) is 3.73. The summed E-state index contributed by atoms with van der Waals surface area (Å²) in [7, 11) is 0. The van der Waals surface area contributed by atoms with Crippen LogP contribution >= 0.6 is 24.0 Å². The van der Waals surface area contributed by atoms with Crippen LogP contribution < -0.4 is 5.73 Å². The molecule has 5 heteroatoms. The Balaban J connectivity index is 0.00000180. The van der Waals surface area contributed by atoms with E-state index in [4.69, 9.17) is 17.3 Å². The molecule has 0 bridgehead atoms. The van der Waals surface area contributed by atoms with Gasteiger partial charge in [0.2, 0.25) is 5.91 Å². The number of rotatable bonds is 3. The number of likely N-dealkylation sites (tertiary alicyclic amines) is 1. The van der Waals surface area contributed by atoms with Crippen molar-refractivity contribution in [3.8, 4) is 0 Å². The number of halogens is 2. The van der Waals surface area contributed by atoms with E-state index in [0.717, 1.165) is 31.5 Å². The van der Waals surface area contributed by atoms with Crippen molar-refractivity contribution >= 4 is 29.9 Å². The molecule has 2 N–H and O–H groups in total. The smallest absolute Gasteiger partial charge is 0.226 e. The van der Waals surface area contributed by atoms with Crippen molar-refractivity contribution in [1.82, 2.24) is 4.90 Å². The zero-order valence-corrected chi connectivity index (χ0v) is 12.4. The molecule has 2 rings (SSSR count). The predicted molar refractivity (Wildman–Crippen MR) is 80.8 cm³/mol. The lowest BCUT2D eigenvalue weighted by Gasteiger charge is -2.32. The molecule has 1 aliphatic rings. The molecular weight excluding hydrogens is 283 g/mol. The number of carbonyl (C=O) groups is 1.